The number of imide groups is 1. The number of hydroxylamine groups is 1. The number of anilines is 2. The van der Waals surface area contributed by atoms with Crippen LogP contribution < -0.4 is 9.96 Å². The number of hydrogen-bond acceptors (Lipinski definition) is 7. The fraction of sp³-hybridized carbons (Fsp3) is 0.269. The summed E-state index contributed by atoms with van der Waals surface area (Å²) in [5, 5.41) is 1.97. The number of rotatable bonds is 5. The van der Waals surface area contributed by atoms with Gasteiger partial charge in [-0.15, -0.1) is 11.3 Å². The molecule has 3 atom stereocenters. The molecule has 3 aromatic rings. The number of para-hydroxylation sites is 1. The van der Waals surface area contributed by atoms with Crippen LogP contribution in [-0.2, 0) is 19.2 Å². The van der Waals surface area contributed by atoms with Gasteiger partial charge in [0, 0.05) is 4.88 Å². The van der Waals surface area contributed by atoms with Crippen molar-refractivity contribution in [1.82, 2.24) is 0 Å². The number of nitrogens with zero attached hydrogens (tertiary/aromatic N) is 2. The molecule has 2 saturated heterocycles. The van der Waals surface area contributed by atoms with Crippen molar-refractivity contribution in [3.63, 3.8) is 0 Å². The number of fused-ring (bicyclic) bond motifs is 1. The molecule has 1 aromatic heterocycles. The van der Waals surface area contributed by atoms with E-state index in [9.17, 15) is 14.4 Å². The highest BCUT2D eigenvalue weighted by molar-refractivity contribution is 7.17. The molecule has 0 radical (unpaired) electrons. The van der Waals surface area contributed by atoms with Gasteiger partial charge in [-0.1, -0.05) is 48.5 Å². The molecule has 174 valence electrons. The SMILES string of the molecule is CCOC(=O)c1c(N2C(=O)[C@H]3[C@@H](c4ccccc4)N(c4ccccc4)O[C@H]3C2=O)sc(C)c1C. The highest BCUT2D eigenvalue weighted by Gasteiger charge is 2.61. The van der Waals surface area contributed by atoms with Crippen LogP contribution in [0.25, 0.3) is 0 Å². The van der Waals surface area contributed by atoms with Gasteiger partial charge in [0.05, 0.1) is 23.9 Å². The van der Waals surface area contributed by atoms with E-state index in [1.165, 1.54) is 11.3 Å². The fourth-order valence-corrected chi connectivity index (χ4v) is 5.77. The molecule has 5 rings (SSSR count). The Labute approximate surface area is 201 Å². The maximum atomic E-state index is 13.9. The third-order valence-electron chi connectivity index (χ3n) is 6.32. The van der Waals surface area contributed by atoms with Crippen molar-refractivity contribution in [2.24, 2.45) is 5.92 Å². The summed E-state index contributed by atoms with van der Waals surface area (Å²) in [6.07, 6.45) is -0.990. The Bertz CT molecular complexity index is 1260. The summed E-state index contributed by atoms with van der Waals surface area (Å²) in [6, 6.07) is 18.5. The van der Waals surface area contributed by atoms with Crippen LogP contribution in [0.2, 0.25) is 0 Å². The van der Waals surface area contributed by atoms with E-state index in [-0.39, 0.29) is 18.1 Å². The van der Waals surface area contributed by atoms with Crippen LogP contribution in [0.5, 0.6) is 0 Å². The molecule has 7 nitrogen and oxygen atoms in total. The summed E-state index contributed by atoms with van der Waals surface area (Å²) in [6.45, 7) is 5.58. The van der Waals surface area contributed by atoms with Crippen LogP contribution in [0.15, 0.2) is 60.7 Å². The minimum absolute atomic E-state index is 0.199. The van der Waals surface area contributed by atoms with Crippen molar-refractivity contribution in [3.8, 4) is 0 Å². The third kappa shape index (κ3) is 3.41. The smallest absolute Gasteiger partial charge is 0.341 e. The lowest BCUT2D eigenvalue weighted by molar-refractivity contribution is -0.126. The largest absolute Gasteiger partial charge is 0.462 e. The molecule has 0 N–H and O–H groups in total. The van der Waals surface area contributed by atoms with Crippen molar-refractivity contribution in [2.75, 3.05) is 16.6 Å². The number of benzene rings is 2. The Morgan fingerprint density at radius 1 is 1.00 bits per heavy atom. The zero-order chi connectivity index (χ0) is 24.0. The minimum Gasteiger partial charge on any atom is -0.462 e. The summed E-state index contributed by atoms with van der Waals surface area (Å²) in [5.74, 6) is -2.15. The summed E-state index contributed by atoms with van der Waals surface area (Å²) < 4.78 is 5.23. The maximum absolute atomic E-state index is 13.9. The van der Waals surface area contributed by atoms with Gasteiger partial charge in [0.15, 0.2) is 6.10 Å². The second kappa shape index (κ2) is 8.70. The fourth-order valence-electron chi connectivity index (χ4n) is 4.61. The van der Waals surface area contributed by atoms with E-state index < -0.39 is 29.9 Å². The van der Waals surface area contributed by atoms with Gasteiger partial charge < -0.3 is 4.74 Å². The van der Waals surface area contributed by atoms with E-state index in [4.69, 9.17) is 9.57 Å². The second-order valence-electron chi connectivity index (χ2n) is 8.26. The Hall–Kier alpha value is -3.49. The van der Waals surface area contributed by atoms with Gasteiger partial charge >= 0.3 is 5.97 Å². The van der Waals surface area contributed by atoms with E-state index in [1.807, 2.05) is 67.6 Å². The average Bonchev–Trinajstić information content (AvgIpc) is 3.45. The van der Waals surface area contributed by atoms with Crippen molar-refractivity contribution in [1.29, 1.82) is 0 Å². The molecule has 0 saturated carbocycles. The Balaban J connectivity index is 1.59. The van der Waals surface area contributed by atoms with E-state index in [1.54, 1.807) is 18.9 Å². The molecule has 2 aromatic carbocycles. The van der Waals surface area contributed by atoms with Gasteiger partial charge in [0.1, 0.15) is 10.9 Å². The Morgan fingerprint density at radius 3 is 2.29 bits per heavy atom. The highest BCUT2D eigenvalue weighted by Crippen LogP contribution is 2.49. The molecule has 2 aliphatic rings. The van der Waals surface area contributed by atoms with Crippen LogP contribution in [0.3, 0.4) is 0 Å². The monoisotopic (exact) mass is 476 g/mol. The molecule has 2 fully saturated rings. The normalized spacial score (nSPS) is 21.8. The first-order valence-corrected chi connectivity index (χ1v) is 12.0. The van der Waals surface area contributed by atoms with Crippen molar-refractivity contribution in [3.05, 3.63) is 82.2 Å². The van der Waals surface area contributed by atoms with Gasteiger partial charge in [-0.05, 0) is 44.0 Å². The van der Waals surface area contributed by atoms with Crippen LogP contribution >= 0.6 is 11.3 Å². The van der Waals surface area contributed by atoms with Crippen molar-refractivity contribution < 1.29 is 24.0 Å². The number of carbonyl (C=O) groups is 3. The molecular weight excluding hydrogens is 452 g/mol. The summed E-state index contributed by atoms with van der Waals surface area (Å²) >= 11 is 1.25. The van der Waals surface area contributed by atoms with Crippen LogP contribution in [0, 0.1) is 19.8 Å². The van der Waals surface area contributed by atoms with Gasteiger partial charge in [-0.25, -0.2) is 14.8 Å². The molecule has 0 aliphatic carbocycles. The molecule has 34 heavy (non-hydrogen) atoms. The number of amides is 2. The van der Waals surface area contributed by atoms with Crippen LogP contribution in [0.1, 0.15) is 39.3 Å². The topological polar surface area (TPSA) is 76.2 Å². The number of hydrogen-bond donors (Lipinski definition) is 0. The first-order valence-electron chi connectivity index (χ1n) is 11.1. The molecular formula is C26H24N2O5S. The third-order valence-corrected chi connectivity index (χ3v) is 7.51. The summed E-state index contributed by atoms with van der Waals surface area (Å²) in [5.41, 5.74) is 2.60. The van der Waals surface area contributed by atoms with E-state index in [2.05, 4.69) is 0 Å². The Morgan fingerprint density at radius 2 is 1.65 bits per heavy atom. The lowest BCUT2D eigenvalue weighted by Crippen LogP contribution is -2.37. The first kappa shape index (κ1) is 22.3. The van der Waals surface area contributed by atoms with Crippen LogP contribution in [-0.4, -0.2) is 30.5 Å². The maximum Gasteiger partial charge on any atom is 0.341 e. The predicted molar refractivity (Wildman–Crippen MR) is 129 cm³/mol. The molecule has 2 aliphatic heterocycles. The molecule has 0 spiro atoms. The zero-order valence-electron chi connectivity index (χ0n) is 19.1. The van der Waals surface area contributed by atoms with Crippen molar-refractivity contribution >= 4 is 39.8 Å². The number of carbonyl (C=O) groups excluding carboxylic acids is 3. The highest BCUT2D eigenvalue weighted by atomic mass is 32.1. The first-order chi connectivity index (χ1) is 16.4. The molecule has 2 amide bonds. The van der Waals surface area contributed by atoms with Gasteiger partial charge in [-0.2, -0.15) is 0 Å². The molecule has 8 heteroatoms. The number of thiophene rings is 1. The van der Waals surface area contributed by atoms with Gasteiger partial charge in [0.25, 0.3) is 5.91 Å². The Kier molecular flexibility index (Phi) is 5.71. The lowest BCUT2D eigenvalue weighted by atomic mass is 9.90. The number of esters is 1. The lowest BCUT2D eigenvalue weighted by Gasteiger charge is -2.28. The second-order valence-corrected chi connectivity index (χ2v) is 9.47. The predicted octanol–water partition coefficient (Wildman–Crippen LogP) is 4.59. The summed E-state index contributed by atoms with van der Waals surface area (Å²) in [4.78, 5) is 48.4. The standard InChI is InChI=1S/C26H24N2O5S/c1-4-32-26(31)19-15(2)16(3)34-25(19)27-23(29)20-21(17-11-7-5-8-12-17)28(33-22(20)24(27)30)18-13-9-6-10-14-18/h5-14,20-22H,4H2,1-3H3/t20-,21+,22+/m0/s1. The number of ether oxygens (including phenoxy) is 1. The minimum atomic E-state index is -0.990. The average molecular weight is 477 g/mol. The summed E-state index contributed by atoms with van der Waals surface area (Å²) in [7, 11) is 0. The molecule has 0 bridgehead atoms. The van der Waals surface area contributed by atoms with E-state index in [0.717, 1.165) is 21.0 Å². The van der Waals surface area contributed by atoms with E-state index >= 15 is 0 Å². The molecule has 3 heterocycles. The zero-order valence-corrected chi connectivity index (χ0v) is 19.9. The molecule has 0 unspecified atom stereocenters. The number of aryl methyl sites for hydroxylation is 1. The van der Waals surface area contributed by atoms with Crippen LogP contribution in [0.4, 0.5) is 10.7 Å². The van der Waals surface area contributed by atoms with Gasteiger partial charge in [0.2, 0.25) is 5.91 Å². The quantitative estimate of drug-likeness (QED) is 0.396. The van der Waals surface area contributed by atoms with E-state index in [0.29, 0.717) is 10.6 Å². The van der Waals surface area contributed by atoms with Gasteiger partial charge in [-0.3, -0.25) is 14.4 Å². The van der Waals surface area contributed by atoms with Crippen molar-refractivity contribution in [2.45, 2.75) is 32.9 Å².